The molecule has 3 rings (SSSR count). The van der Waals surface area contributed by atoms with Crippen molar-refractivity contribution in [3.05, 3.63) is 36.0 Å². The second-order valence-corrected chi connectivity index (χ2v) is 12.7. The molecule has 0 unspecified atom stereocenters. The number of hydrogen-bond acceptors (Lipinski definition) is 8. The van der Waals surface area contributed by atoms with E-state index >= 15 is 0 Å². The number of nitrogens with zero attached hydrogens (tertiary/aromatic N) is 3. The molecule has 11 nitrogen and oxygen atoms in total. The van der Waals surface area contributed by atoms with Crippen LogP contribution >= 0.6 is 0 Å². The highest BCUT2D eigenvalue weighted by Gasteiger charge is 2.36. The number of likely N-dealkylation sites (tertiary alicyclic amines) is 1. The number of nitrogens with one attached hydrogen (secondary N) is 1. The number of allylic oxidation sites excluding steroid dienone is 2. The van der Waals surface area contributed by atoms with E-state index in [1.165, 1.54) is 0 Å². The summed E-state index contributed by atoms with van der Waals surface area (Å²) in [5, 5.41) is 24.8. The van der Waals surface area contributed by atoms with Crippen LogP contribution in [0.2, 0.25) is 0 Å². The lowest BCUT2D eigenvalue weighted by Gasteiger charge is -2.36. The van der Waals surface area contributed by atoms with Crippen LogP contribution in [0.4, 0.5) is 9.59 Å². The number of piperazine rings is 1. The summed E-state index contributed by atoms with van der Waals surface area (Å²) in [6, 6.07) is -0.0288. The molecule has 0 saturated carbocycles. The number of carbonyl (C=O) groups excluding carboxylic acids is 3. The fourth-order valence-corrected chi connectivity index (χ4v) is 5.46. The second kappa shape index (κ2) is 16.3. The average Bonchev–Trinajstić information content (AvgIpc) is 3.50. The number of ether oxygens (including phenoxy) is 2. The summed E-state index contributed by atoms with van der Waals surface area (Å²) in [5.74, 6) is -0.742. The molecule has 2 saturated heterocycles. The molecule has 0 aromatic rings. The zero-order chi connectivity index (χ0) is 31.6. The third kappa shape index (κ3) is 11.0. The fourth-order valence-electron chi connectivity index (χ4n) is 5.46. The number of urea groups is 1. The Balaban J connectivity index is 1.71. The van der Waals surface area contributed by atoms with E-state index in [1.54, 1.807) is 17.9 Å². The highest BCUT2D eigenvalue weighted by atomic mass is 16.6. The van der Waals surface area contributed by atoms with Crippen molar-refractivity contribution in [3.8, 4) is 0 Å². The lowest BCUT2D eigenvalue weighted by molar-refractivity contribution is -0.151. The minimum Gasteiger partial charge on any atom is -0.457 e. The van der Waals surface area contributed by atoms with Crippen LogP contribution in [0, 0.1) is 11.8 Å². The van der Waals surface area contributed by atoms with Gasteiger partial charge in [-0.15, -0.1) is 0 Å². The highest BCUT2D eigenvalue weighted by molar-refractivity contribution is 5.74. The molecule has 43 heavy (non-hydrogen) atoms. The Morgan fingerprint density at radius 2 is 1.84 bits per heavy atom. The number of aliphatic hydroxyl groups excluding tert-OH is 1. The first kappa shape index (κ1) is 34.6. The van der Waals surface area contributed by atoms with Gasteiger partial charge in [-0.05, 0) is 64.1 Å². The smallest absolute Gasteiger partial charge is 0.410 e. The average molecular weight is 605 g/mol. The molecular weight excluding hydrogens is 552 g/mol. The Bertz CT molecular complexity index is 1030. The van der Waals surface area contributed by atoms with Gasteiger partial charge in [-0.1, -0.05) is 38.2 Å². The van der Waals surface area contributed by atoms with E-state index in [0.29, 0.717) is 19.6 Å². The van der Waals surface area contributed by atoms with Gasteiger partial charge in [-0.3, -0.25) is 4.79 Å². The summed E-state index contributed by atoms with van der Waals surface area (Å²) in [6.07, 6.45) is 8.32. The molecular formula is C32H52N4O7. The topological polar surface area (TPSA) is 132 Å². The number of esters is 1. The molecule has 0 aliphatic carbocycles. The maximum absolute atomic E-state index is 13.0. The molecule has 3 aliphatic rings. The molecule has 0 aromatic carbocycles. The van der Waals surface area contributed by atoms with E-state index in [2.05, 4.69) is 10.2 Å². The number of aliphatic hydroxyl groups is 2. The van der Waals surface area contributed by atoms with Crippen LogP contribution in [0.3, 0.4) is 0 Å². The van der Waals surface area contributed by atoms with Crippen LogP contribution < -0.4 is 5.32 Å². The minimum absolute atomic E-state index is 0.0288. The monoisotopic (exact) mass is 604 g/mol. The van der Waals surface area contributed by atoms with E-state index in [0.717, 1.165) is 44.6 Å². The van der Waals surface area contributed by atoms with Crippen molar-refractivity contribution in [3.63, 3.8) is 0 Å². The molecule has 11 heteroatoms. The van der Waals surface area contributed by atoms with Crippen molar-refractivity contribution in [2.75, 3.05) is 52.9 Å². The van der Waals surface area contributed by atoms with Crippen molar-refractivity contribution in [1.29, 1.82) is 0 Å². The third-order valence-electron chi connectivity index (χ3n) is 8.53. The predicted molar refractivity (Wildman–Crippen MR) is 164 cm³/mol. The van der Waals surface area contributed by atoms with Gasteiger partial charge in [0.05, 0.1) is 12.5 Å². The van der Waals surface area contributed by atoms with Crippen LogP contribution in [0.1, 0.15) is 59.8 Å². The van der Waals surface area contributed by atoms with Gasteiger partial charge in [-0.2, -0.15) is 0 Å². The van der Waals surface area contributed by atoms with Crippen LogP contribution in [0.5, 0.6) is 0 Å². The quantitative estimate of drug-likeness (QED) is 0.240. The summed E-state index contributed by atoms with van der Waals surface area (Å²) in [5.41, 5.74) is -0.661. The van der Waals surface area contributed by atoms with Crippen LogP contribution in [0.25, 0.3) is 0 Å². The zero-order valence-electron chi connectivity index (χ0n) is 26.5. The second-order valence-electron chi connectivity index (χ2n) is 12.7. The molecule has 3 N–H and O–H groups in total. The van der Waals surface area contributed by atoms with Crippen molar-refractivity contribution in [2.45, 2.75) is 83.7 Å². The van der Waals surface area contributed by atoms with Gasteiger partial charge < -0.3 is 39.7 Å². The lowest BCUT2D eigenvalue weighted by Crippen LogP contribution is -2.50. The molecule has 0 spiro atoms. The summed E-state index contributed by atoms with van der Waals surface area (Å²) >= 11 is 0. The first-order valence-corrected chi connectivity index (χ1v) is 15.7. The molecule has 0 bridgehead atoms. The van der Waals surface area contributed by atoms with Gasteiger partial charge in [0.25, 0.3) is 0 Å². The maximum Gasteiger partial charge on any atom is 0.410 e. The van der Waals surface area contributed by atoms with Gasteiger partial charge in [0.15, 0.2) is 6.10 Å². The van der Waals surface area contributed by atoms with Gasteiger partial charge in [-0.25, -0.2) is 9.59 Å². The molecule has 3 heterocycles. The summed E-state index contributed by atoms with van der Waals surface area (Å²) in [6.45, 7) is 12.1. The van der Waals surface area contributed by atoms with Crippen LogP contribution in [-0.4, -0.2) is 120 Å². The number of hydrogen-bond donors (Lipinski definition) is 3. The normalized spacial score (nSPS) is 31.6. The van der Waals surface area contributed by atoms with Gasteiger partial charge in [0.1, 0.15) is 11.7 Å². The van der Waals surface area contributed by atoms with E-state index in [9.17, 15) is 24.6 Å². The van der Waals surface area contributed by atoms with Gasteiger partial charge in [0.2, 0.25) is 0 Å². The molecule has 0 aromatic heterocycles. The predicted octanol–water partition coefficient (Wildman–Crippen LogP) is 3.08. The van der Waals surface area contributed by atoms with Crippen LogP contribution in [0.15, 0.2) is 36.0 Å². The summed E-state index contributed by atoms with van der Waals surface area (Å²) in [4.78, 5) is 43.6. The number of amides is 3. The molecule has 0 radical (unpaired) electrons. The summed E-state index contributed by atoms with van der Waals surface area (Å²) < 4.78 is 11.7. The zero-order valence-corrected chi connectivity index (χ0v) is 26.5. The number of carbonyl (C=O) groups is 3. The highest BCUT2D eigenvalue weighted by Crippen LogP contribution is 2.27. The van der Waals surface area contributed by atoms with Gasteiger partial charge in [0, 0.05) is 51.7 Å². The Morgan fingerprint density at radius 1 is 1.16 bits per heavy atom. The minimum atomic E-state index is -1.45. The summed E-state index contributed by atoms with van der Waals surface area (Å²) in [7, 11) is 2.00. The Morgan fingerprint density at radius 3 is 2.51 bits per heavy atom. The first-order chi connectivity index (χ1) is 20.4. The van der Waals surface area contributed by atoms with E-state index in [-0.39, 0.29) is 37.1 Å². The molecule has 3 amide bonds. The van der Waals surface area contributed by atoms with E-state index < -0.39 is 36.0 Å². The van der Waals surface area contributed by atoms with Crippen molar-refractivity contribution >= 4 is 18.1 Å². The van der Waals surface area contributed by atoms with Crippen molar-refractivity contribution in [1.82, 2.24) is 20.0 Å². The number of rotatable bonds is 6. The van der Waals surface area contributed by atoms with Crippen LogP contribution in [-0.2, 0) is 14.3 Å². The lowest BCUT2D eigenvalue weighted by atomic mass is 9.89. The third-order valence-corrected chi connectivity index (χ3v) is 8.53. The van der Waals surface area contributed by atoms with E-state index in [1.807, 2.05) is 57.0 Å². The Kier molecular flexibility index (Phi) is 13.1. The Hall–Kier alpha value is -2.89. The first-order valence-electron chi connectivity index (χ1n) is 15.7. The molecule has 6 atom stereocenters. The molecule has 3 aliphatic heterocycles. The number of likely N-dealkylation sites (N-methyl/N-ethyl adjacent to an activating group) is 1. The molecule has 2 fully saturated rings. The number of cyclic esters (lactones) is 1. The van der Waals surface area contributed by atoms with Crippen molar-refractivity contribution in [2.24, 2.45) is 11.8 Å². The maximum atomic E-state index is 13.0. The van der Waals surface area contributed by atoms with E-state index in [4.69, 9.17) is 9.47 Å². The van der Waals surface area contributed by atoms with Crippen molar-refractivity contribution < 1.29 is 34.1 Å². The standard InChI is InChI=1S/C32H52N4O7/c1-23(22-33-30(39)35-15-6-7-16-35)9-8-10-24(2)29-25(3)11-12-27(42-31(40)36-19-17-34(5)18-20-36)32(4,41)14-13-26(37)21-28(38)43-29/h8-12,23,25-27,29,37,41H,6-7,13-22H2,1-5H3,(H,33,39)/b9-8+,12-11+,24-10+/t23-,25+,26+,27-,29-,32+/m1/s1. The Labute approximate surface area is 256 Å². The largest absolute Gasteiger partial charge is 0.457 e. The SMILES string of the molecule is C/C(=C\C=C\[C@@H](C)CNC(=O)N1CCCC1)[C@H]1OC(=O)C[C@@H](O)CC[C@](C)(O)[C@H](OC(=O)N2CCN(C)CC2)/C=C/[C@@H]1C. The van der Waals surface area contributed by atoms with Gasteiger partial charge >= 0.3 is 18.1 Å². The fraction of sp³-hybridized carbons (Fsp3) is 0.719. The molecule has 242 valence electrons.